The molecule has 2 unspecified atom stereocenters. The van der Waals surface area contributed by atoms with E-state index in [1.807, 2.05) is 12.5 Å². The Labute approximate surface area is 117 Å². The van der Waals surface area contributed by atoms with Gasteiger partial charge in [0.1, 0.15) is 11.3 Å². The number of aromatic nitrogens is 3. The Balaban J connectivity index is 1.85. The molecule has 2 aliphatic rings. The molecule has 2 aliphatic heterocycles. The van der Waals surface area contributed by atoms with Gasteiger partial charge >= 0.3 is 0 Å². The maximum absolute atomic E-state index is 5.65. The van der Waals surface area contributed by atoms with E-state index >= 15 is 0 Å². The topological polar surface area (TPSA) is 64.0 Å². The van der Waals surface area contributed by atoms with Crippen LogP contribution in [0.3, 0.4) is 0 Å². The number of nitrogens with one attached hydrogen (secondary N) is 2. The Morgan fingerprint density at radius 1 is 1.35 bits per heavy atom. The van der Waals surface area contributed by atoms with E-state index in [1.165, 1.54) is 11.1 Å². The molecule has 106 valence electrons. The first kappa shape index (κ1) is 12.1. The number of rotatable bonds is 2. The number of ether oxygens (including phenoxy) is 1. The summed E-state index contributed by atoms with van der Waals surface area (Å²) in [5, 5.41) is 6.74. The summed E-state index contributed by atoms with van der Waals surface area (Å²) in [7, 11) is 1.79. The van der Waals surface area contributed by atoms with Crippen LogP contribution >= 0.6 is 0 Å². The van der Waals surface area contributed by atoms with Crippen molar-refractivity contribution in [3.05, 3.63) is 18.1 Å². The Morgan fingerprint density at radius 3 is 3.20 bits per heavy atom. The van der Waals surface area contributed by atoms with Crippen molar-refractivity contribution in [2.24, 2.45) is 0 Å². The fourth-order valence-electron chi connectivity index (χ4n) is 3.42. The quantitative estimate of drug-likeness (QED) is 0.853. The number of anilines is 1. The van der Waals surface area contributed by atoms with Gasteiger partial charge in [-0.05, 0) is 19.4 Å². The average Bonchev–Trinajstić information content (AvgIpc) is 3.12. The van der Waals surface area contributed by atoms with Crippen molar-refractivity contribution in [2.45, 2.75) is 25.0 Å². The van der Waals surface area contributed by atoms with Gasteiger partial charge in [0.05, 0.1) is 30.2 Å². The third-order valence-electron chi connectivity index (χ3n) is 4.43. The predicted octanol–water partition coefficient (Wildman–Crippen LogP) is 0.949. The SMILES string of the molecule is COC1CNCCC1n1cnc2cnc3c(c21)CCN3. The van der Waals surface area contributed by atoms with Crippen LogP contribution in [0, 0.1) is 0 Å². The normalized spacial score (nSPS) is 25.6. The van der Waals surface area contributed by atoms with Crippen LogP contribution in [0.2, 0.25) is 0 Å². The van der Waals surface area contributed by atoms with Gasteiger partial charge < -0.3 is 19.9 Å². The van der Waals surface area contributed by atoms with Crippen molar-refractivity contribution < 1.29 is 4.74 Å². The van der Waals surface area contributed by atoms with E-state index in [9.17, 15) is 0 Å². The van der Waals surface area contributed by atoms with Gasteiger partial charge in [0.25, 0.3) is 0 Å². The summed E-state index contributed by atoms with van der Waals surface area (Å²) in [6.07, 6.45) is 6.10. The first-order valence-corrected chi connectivity index (χ1v) is 7.20. The van der Waals surface area contributed by atoms with Crippen molar-refractivity contribution in [1.82, 2.24) is 19.9 Å². The molecule has 0 spiro atoms. The molecule has 2 N–H and O–H groups in total. The molecule has 6 nitrogen and oxygen atoms in total. The molecule has 0 aromatic carbocycles. The number of fused-ring (bicyclic) bond motifs is 3. The lowest BCUT2D eigenvalue weighted by molar-refractivity contribution is 0.0404. The van der Waals surface area contributed by atoms with Gasteiger partial charge in [0.15, 0.2) is 0 Å². The number of nitrogens with zero attached hydrogens (tertiary/aromatic N) is 3. The molecule has 0 aliphatic carbocycles. The lowest BCUT2D eigenvalue weighted by atomic mass is 10.0. The average molecular weight is 273 g/mol. The summed E-state index contributed by atoms with van der Waals surface area (Å²) in [5.41, 5.74) is 3.52. The maximum atomic E-state index is 5.65. The van der Waals surface area contributed by atoms with Crippen molar-refractivity contribution in [2.75, 3.05) is 32.1 Å². The van der Waals surface area contributed by atoms with Crippen LogP contribution in [0.5, 0.6) is 0 Å². The Bertz CT molecular complexity index is 638. The summed E-state index contributed by atoms with van der Waals surface area (Å²) >= 11 is 0. The minimum Gasteiger partial charge on any atom is -0.378 e. The highest BCUT2D eigenvalue weighted by Gasteiger charge is 2.29. The summed E-state index contributed by atoms with van der Waals surface area (Å²) in [6.45, 7) is 2.88. The Kier molecular flexibility index (Phi) is 2.85. The van der Waals surface area contributed by atoms with Crippen LogP contribution in [0.25, 0.3) is 11.0 Å². The molecule has 0 saturated carbocycles. The van der Waals surface area contributed by atoms with Gasteiger partial charge in [0, 0.05) is 25.8 Å². The van der Waals surface area contributed by atoms with Gasteiger partial charge in [-0.3, -0.25) is 0 Å². The zero-order valence-corrected chi connectivity index (χ0v) is 11.6. The first-order valence-electron chi connectivity index (χ1n) is 7.20. The van der Waals surface area contributed by atoms with E-state index in [0.29, 0.717) is 6.04 Å². The first-order chi connectivity index (χ1) is 9.88. The molecular weight excluding hydrogens is 254 g/mol. The predicted molar refractivity (Wildman–Crippen MR) is 77.0 cm³/mol. The van der Waals surface area contributed by atoms with E-state index in [-0.39, 0.29) is 6.10 Å². The highest BCUT2D eigenvalue weighted by Crippen LogP contribution is 2.32. The minimum absolute atomic E-state index is 0.194. The van der Waals surface area contributed by atoms with Gasteiger partial charge in [0.2, 0.25) is 0 Å². The third-order valence-corrected chi connectivity index (χ3v) is 4.43. The van der Waals surface area contributed by atoms with E-state index in [2.05, 4.69) is 25.2 Å². The van der Waals surface area contributed by atoms with Crippen molar-refractivity contribution >= 4 is 16.9 Å². The van der Waals surface area contributed by atoms with Crippen LogP contribution < -0.4 is 10.6 Å². The van der Waals surface area contributed by atoms with E-state index in [1.54, 1.807) is 7.11 Å². The number of hydrogen-bond acceptors (Lipinski definition) is 5. The molecule has 0 bridgehead atoms. The summed E-state index contributed by atoms with van der Waals surface area (Å²) in [5.74, 6) is 1.02. The molecule has 1 fully saturated rings. The zero-order chi connectivity index (χ0) is 13.5. The van der Waals surface area contributed by atoms with Gasteiger partial charge in [-0.25, -0.2) is 9.97 Å². The molecule has 4 rings (SSSR count). The zero-order valence-electron chi connectivity index (χ0n) is 11.6. The number of methoxy groups -OCH3 is 1. The van der Waals surface area contributed by atoms with Crippen molar-refractivity contribution in [3.63, 3.8) is 0 Å². The summed E-state index contributed by atoms with van der Waals surface area (Å²) in [4.78, 5) is 8.99. The highest BCUT2D eigenvalue weighted by molar-refractivity contribution is 5.83. The van der Waals surface area contributed by atoms with E-state index in [0.717, 1.165) is 43.8 Å². The van der Waals surface area contributed by atoms with Crippen LogP contribution in [0.4, 0.5) is 5.82 Å². The minimum atomic E-state index is 0.194. The molecule has 0 amide bonds. The fraction of sp³-hybridized carbons (Fsp3) is 0.571. The number of pyridine rings is 1. The highest BCUT2D eigenvalue weighted by atomic mass is 16.5. The molecule has 6 heteroatoms. The number of piperidine rings is 1. The number of imidazole rings is 1. The van der Waals surface area contributed by atoms with E-state index < -0.39 is 0 Å². The van der Waals surface area contributed by atoms with Gasteiger partial charge in [-0.1, -0.05) is 0 Å². The molecule has 2 aromatic rings. The van der Waals surface area contributed by atoms with Crippen LogP contribution in [-0.2, 0) is 11.2 Å². The molecule has 1 saturated heterocycles. The van der Waals surface area contributed by atoms with Gasteiger partial charge in [-0.15, -0.1) is 0 Å². The van der Waals surface area contributed by atoms with Gasteiger partial charge in [-0.2, -0.15) is 0 Å². The van der Waals surface area contributed by atoms with E-state index in [4.69, 9.17) is 4.74 Å². The Hall–Kier alpha value is -1.66. The number of hydrogen-bond donors (Lipinski definition) is 2. The molecule has 4 heterocycles. The standard InChI is InChI=1S/C14H19N5O/c1-20-12-7-15-4-3-11(12)19-8-18-10-6-17-14-9(13(10)19)2-5-16-14/h6,8,11-12,15H,2-5,7H2,1H3,(H,16,17). The lowest BCUT2D eigenvalue weighted by Gasteiger charge is -2.32. The molecule has 0 radical (unpaired) electrons. The second kappa shape index (κ2) is 4.71. The van der Waals surface area contributed by atoms with Crippen molar-refractivity contribution in [1.29, 1.82) is 0 Å². The maximum Gasteiger partial charge on any atom is 0.131 e. The fourth-order valence-corrected chi connectivity index (χ4v) is 3.42. The van der Waals surface area contributed by atoms with Crippen molar-refractivity contribution in [3.8, 4) is 0 Å². The second-order valence-corrected chi connectivity index (χ2v) is 5.48. The molecule has 2 atom stereocenters. The molecular formula is C14H19N5O. The van der Waals surface area contributed by atoms with Crippen LogP contribution in [0.1, 0.15) is 18.0 Å². The summed E-state index contributed by atoms with van der Waals surface area (Å²) in [6, 6.07) is 0.346. The molecule has 2 aromatic heterocycles. The second-order valence-electron chi connectivity index (χ2n) is 5.48. The molecule has 20 heavy (non-hydrogen) atoms. The smallest absolute Gasteiger partial charge is 0.131 e. The monoisotopic (exact) mass is 273 g/mol. The summed E-state index contributed by atoms with van der Waals surface area (Å²) < 4.78 is 7.96. The largest absolute Gasteiger partial charge is 0.378 e. The third kappa shape index (κ3) is 1.72. The van der Waals surface area contributed by atoms with Crippen LogP contribution in [0.15, 0.2) is 12.5 Å². The van der Waals surface area contributed by atoms with Crippen LogP contribution in [-0.4, -0.2) is 47.4 Å². The Morgan fingerprint density at radius 2 is 2.30 bits per heavy atom. The lowest BCUT2D eigenvalue weighted by Crippen LogP contribution is -2.42.